The van der Waals surface area contributed by atoms with Gasteiger partial charge in [0, 0.05) is 12.2 Å². The minimum atomic E-state index is -0.469. The summed E-state index contributed by atoms with van der Waals surface area (Å²) >= 11 is 5.71. The van der Waals surface area contributed by atoms with Gasteiger partial charge in [-0.15, -0.1) is 5.10 Å². The number of nitrogens with zero attached hydrogens (tertiary/aromatic N) is 3. The van der Waals surface area contributed by atoms with Crippen LogP contribution in [0.2, 0.25) is 5.02 Å². The van der Waals surface area contributed by atoms with Crippen molar-refractivity contribution in [2.45, 2.75) is 13.8 Å². The molecule has 0 saturated heterocycles. The third kappa shape index (κ3) is 4.03. The Morgan fingerprint density at radius 1 is 1.35 bits per heavy atom. The van der Waals surface area contributed by atoms with Crippen molar-refractivity contribution in [3.8, 4) is 0 Å². The van der Waals surface area contributed by atoms with E-state index >= 15 is 0 Å². The Morgan fingerprint density at radius 2 is 2.15 bits per heavy atom. The lowest BCUT2D eigenvalue weighted by atomic mass is 10.2. The number of hydrogen-bond donors (Lipinski definition) is 2. The van der Waals surface area contributed by atoms with Crippen LogP contribution in [0.15, 0.2) is 24.4 Å². The fourth-order valence-corrected chi connectivity index (χ4v) is 1.63. The molecule has 0 unspecified atom stereocenters. The molecule has 0 aliphatic carbocycles. The van der Waals surface area contributed by atoms with Crippen LogP contribution in [0.4, 0.5) is 21.8 Å². The predicted octanol–water partition coefficient (Wildman–Crippen LogP) is 3.48. The number of halogens is 2. The Kier molecular flexibility index (Phi) is 4.68. The van der Waals surface area contributed by atoms with Gasteiger partial charge >= 0.3 is 0 Å². The van der Waals surface area contributed by atoms with Gasteiger partial charge in [0.2, 0.25) is 5.95 Å². The first kappa shape index (κ1) is 14.5. The quantitative estimate of drug-likeness (QED) is 0.884. The van der Waals surface area contributed by atoms with Crippen molar-refractivity contribution in [3.63, 3.8) is 0 Å². The molecule has 0 amide bonds. The van der Waals surface area contributed by atoms with Crippen molar-refractivity contribution in [3.05, 3.63) is 35.2 Å². The van der Waals surface area contributed by atoms with Gasteiger partial charge in [-0.2, -0.15) is 10.1 Å². The molecule has 1 heterocycles. The second-order valence-corrected chi connectivity index (χ2v) is 5.10. The molecular weight excluding hydrogens is 281 g/mol. The Bertz CT molecular complexity index is 591. The highest BCUT2D eigenvalue weighted by molar-refractivity contribution is 6.31. The van der Waals surface area contributed by atoms with Crippen LogP contribution >= 0.6 is 11.6 Å². The summed E-state index contributed by atoms with van der Waals surface area (Å²) in [6, 6.07) is 4.30. The van der Waals surface area contributed by atoms with Crippen molar-refractivity contribution in [2.75, 3.05) is 17.2 Å². The Hall–Kier alpha value is -1.95. The molecule has 0 aliphatic rings. The van der Waals surface area contributed by atoms with E-state index in [1.54, 1.807) is 12.3 Å². The van der Waals surface area contributed by atoms with Gasteiger partial charge < -0.3 is 10.6 Å². The lowest BCUT2D eigenvalue weighted by molar-refractivity contribution is 0.628. The number of rotatable bonds is 5. The van der Waals surface area contributed by atoms with Gasteiger partial charge in [-0.3, -0.25) is 0 Å². The largest absolute Gasteiger partial charge is 0.368 e. The summed E-state index contributed by atoms with van der Waals surface area (Å²) in [6.07, 6.45) is 1.55. The Labute approximate surface area is 121 Å². The summed E-state index contributed by atoms with van der Waals surface area (Å²) < 4.78 is 13.1. The van der Waals surface area contributed by atoms with Crippen molar-refractivity contribution < 1.29 is 4.39 Å². The van der Waals surface area contributed by atoms with E-state index in [1.165, 1.54) is 12.1 Å². The summed E-state index contributed by atoms with van der Waals surface area (Å²) in [5, 5.41) is 13.8. The van der Waals surface area contributed by atoms with Crippen molar-refractivity contribution in [1.29, 1.82) is 0 Å². The maximum Gasteiger partial charge on any atom is 0.249 e. The van der Waals surface area contributed by atoms with E-state index in [2.05, 4.69) is 39.7 Å². The number of hydrogen-bond acceptors (Lipinski definition) is 5. The lowest BCUT2D eigenvalue weighted by Gasteiger charge is -2.09. The van der Waals surface area contributed by atoms with E-state index in [0.29, 0.717) is 23.4 Å². The molecule has 0 radical (unpaired) electrons. The average molecular weight is 296 g/mol. The molecule has 0 fully saturated rings. The normalized spacial score (nSPS) is 10.7. The first-order valence-electron chi connectivity index (χ1n) is 6.20. The van der Waals surface area contributed by atoms with Crippen LogP contribution in [0.3, 0.4) is 0 Å². The molecule has 0 spiro atoms. The SMILES string of the molecule is CC(C)CNc1cnnc(Nc2ccc(F)c(Cl)c2)n1. The highest BCUT2D eigenvalue weighted by Crippen LogP contribution is 2.21. The summed E-state index contributed by atoms with van der Waals surface area (Å²) in [4.78, 5) is 4.26. The second-order valence-electron chi connectivity index (χ2n) is 4.69. The number of benzene rings is 1. The maximum absolute atomic E-state index is 13.1. The average Bonchev–Trinajstić information content (AvgIpc) is 2.41. The minimum absolute atomic E-state index is 0.0389. The summed E-state index contributed by atoms with van der Waals surface area (Å²) in [6.45, 7) is 4.99. The number of nitrogens with one attached hydrogen (secondary N) is 2. The maximum atomic E-state index is 13.1. The molecule has 0 aliphatic heterocycles. The van der Waals surface area contributed by atoms with E-state index in [1.807, 2.05) is 0 Å². The van der Waals surface area contributed by atoms with Gasteiger partial charge in [0.25, 0.3) is 0 Å². The molecule has 0 saturated carbocycles. The summed E-state index contributed by atoms with van der Waals surface area (Å²) in [5.41, 5.74) is 0.596. The monoisotopic (exact) mass is 295 g/mol. The van der Waals surface area contributed by atoms with E-state index in [9.17, 15) is 4.39 Å². The zero-order valence-corrected chi connectivity index (χ0v) is 11.9. The van der Waals surface area contributed by atoms with E-state index < -0.39 is 5.82 Å². The smallest absolute Gasteiger partial charge is 0.249 e. The fraction of sp³-hybridized carbons (Fsp3) is 0.308. The highest BCUT2D eigenvalue weighted by Gasteiger charge is 2.04. The molecule has 2 N–H and O–H groups in total. The zero-order chi connectivity index (χ0) is 14.5. The topological polar surface area (TPSA) is 62.7 Å². The lowest BCUT2D eigenvalue weighted by Crippen LogP contribution is -2.10. The molecule has 1 aromatic carbocycles. The van der Waals surface area contributed by atoms with Crippen LogP contribution < -0.4 is 10.6 Å². The number of anilines is 3. The van der Waals surface area contributed by atoms with Crippen LogP contribution in [0.25, 0.3) is 0 Å². The summed E-state index contributed by atoms with van der Waals surface area (Å²) in [5.74, 6) is 0.978. The van der Waals surface area contributed by atoms with E-state index in [0.717, 1.165) is 6.54 Å². The van der Waals surface area contributed by atoms with Crippen molar-refractivity contribution >= 4 is 29.1 Å². The first-order chi connectivity index (χ1) is 9.54. The molecule has 5 nitrogen and oxygen atoms in total. The van der Waals surface area contributed by atoms with Crippen molar-refractivity contribution in [2.24, 2.45) is 5.92 Å². The molecular formula is C13H15ClFN5. The van der Waals surface area contributed by atoms with Crippen LogP contribution in [0.5, 0.6) is 0 Å². The standard InChI is InChI=1S/C13H15ClFN5/c1-8(2)6-16-12-7-17-20-13(19-12)18-9-3-4-11(15)10(14)5-9/h3-5,7-8H,6H2,1-2H3,(H2,16,18,19,20). The highest BCUT2D eigenvalue weighted by atomic mass is 35.5. The minimum Gasteiger partial charge on any atom is -0.368 e. The van der Waals surface area contributed by atoms with Crippen molar-refractivity contribution in [1.82, 2.24) is 15.2 Å². The summed E-state index contributed by atoms with van der Waals surface area (Å²) in [7, 11) is 0. The molecule has 0 bridgehead atoms. The van der Waals surface area contributed by atoms with Gasteiger partial charge in [0.05, 0.1) is 11.2 Å². The molecule has 2 aromatic rings. The Morgan fingerprint density at radius 3 is 2.85 bits per heavy atom. The van der Waals surface area contributed by atoms with Crippen LogP contribution in [-0.4, -0.2) is 21.7 Å². The van der Waals surface area contributed by atoms with Gasteiger partial charge in [0.1, 0.15) is 5.82 Å². The van der Waals surface area contributed by atoms with Crippen LogP contribution in [0, 0.1) is 11.7 Å². The molecule has 7 heteroatoms. The van der Waals surface area contributed by atoms with E-state index in [-0.39, 0.29) is 5.02 Å². The third-order valence-corrected chi connectivity index (χ3v) is 2.72. The van der Waals surface area contributed by atoms with Crippen LogP contribution in [-0.2, 0) is 0 Å². The van der Waals surface area contributed by atoms with Gasteiger partial charge in [-0.05, 0) is 24.1 Å². The third-order valence-electron chi connectivity index (χ3n) is 2.43. The molecule has 20 heavy (non-hydrogen) atoms. The van der Waals surface area contributed by atoms with Crippen LogP contribution in [0.1, 0.15) is 13.8 Å². The fourth-order valence-electron chi connectivity index (χ4n) is 1.45. The second kappa shape index (κ2) is 6.47. The Balaban J connectivity index is 2.08. The van der Waals surface area contributed by atoms with Gasteiger partial charge in [0.15, 0.2) is 5.82 Å². The molecule has 106 valence electrons. The molecule has 0 atom stereocenters. The van der Waals surface area contributed by atoms with Gasteiger partial charge in [-0.25, -0.2) is 4.39 Å². The number of aromatic nitrogens is 3. The first-order valence-corrected chi connectivity index (χ1v) is 6.58. The molecule has 1 aromatic heterocycles. The van der Waals surface area contributed by atoms with Gasteiger partial charge in [-0.1, -0.05) is 25.4 Å². The molecule has 2 rings (SSSR count). The zero-order valence-electron chi connectivity index (χ0n) is 11.2. The van der Waals surface area contributed by atoms with E-state index in [4.69, 9.17) is 11.6 Å². The predicted molar refractivity (Wildman–Crippen MR) is 77.8 cm³/mol.